The Morgan fingerprint density at radius 2 is 1.75 bits per heavy atom. The number of ether oxygens (including phenoxy) is 1. The molecule has 0 aliphatic rings. The number of esters is 1. The summed E-state index contributed by atoms with van der Waals surface area (Å²) in [4.78, 5) is 16.1. The molecular formula is C19H18ClN2O2-. The number of halogens is 1. The fourth-order valence-corrected chi connectivity index (χ4v) is 2.54. The minimum absolute atomic E-state index is 0. The molecule has 0 saturated heterocycles. The van der Waals surface area contributed by atoms with Crippen LogP contribution in [-0.2, 0) is 4.74 Å². The van der Waals surface area contributed by atoms with Gasteiger partial charge >= 0.3 is 5.97 Å². The zero-order valence-corrected chi connectivity index (χ0v) is 14.5. The van der Waals surface area contributed by atoms with Crippen LogP contribution in [0.15, 0.2) is 48.5 Å². The molecule has 0 bridgehead atoms. The second-order valence-corrected chi connectivity index (χ2v) is 5.53. The van der Waals surface area contributed by atoms with Crippen LogP contribution in [0.5, 0.6) is 0 Å². The van der Waals surface area contributed by atoms with Crippen molar-refractivity contribution in [1.29, 1.82) is 0 Å². The average molecular weight is 342 g/mol. The summed E-state index contributed by atoms with van der Waals surface area (Å²) in [5, 5.41) is 4.48. The Balaban J connectivity index is 0.00000208. The molecule has 0 spiro atoms. The first kappa shape index (κ1) is 17.8. The van der Waals surface area contributed by atoms with E-state index in [1.807, 2.05) is 31.2 Å². The predicted octanol–water partition coefficient (Wildman–Crippen LogP) is 1.39. The first-order chi connectivity index (χ1) is 11.1. The van der Waals surface area contributed by atoms with Gasteiger partial charge in [0.2, 0.25) is 0 Å². The number of rotatable bonds is 3. The number of anilines is 2. The number of hydrogen-bond acceptors (Lipinski definition) is 4. The highest BCUT2D eigenvalue weighted by atomic mass is 35.5. The third-order valence-corrected chi connectivity index (χ3v) is 3.68. The Bertz CT molecular complexity index is 876. The summed E-state index contributed by atoms with van der Waals surface area (Å²) >= 11 is 0. The number of hydrogen-bond donors (Lipinski definition) is 1. The molecule has 0 fully saturated rings. The van der Waals surface area contributed by atoms with Crippen LogP contribution in [0.4, 0.5) is 11.4 Å². The number of aryl methyl sites for hydroxylation is 2. The van der Waals surface area contributed by atoms with Crippen molar-refractivity contribution in [2.45, 2.75) is 13.8 Å². The molecule has 0 unspecified atom stereocenters. The van der Waals surface area contributed by atoms with E-state index in [9.17, 15) is 4.79 Å². The largest absolute Gasteiger partial charge is 1.00 e. The monoisotopic (exact) mass is 341 g/mol. The molecule has 0 radical (unpaired) electrons. The molecule has 0 amide bonds. The van der Waals surface area contributed by atoms with Gasteiger partial charge in [-0.2, -0.15) is 0 Å². The third-order valence-electron chi connectivity index (χ3n) is 3.68. The van der Waals surface area contributed by atoms with Gasteiger partial charge in [0.15, 0.2) is 0 Å². The van der Waals surface area contributed by atoms with E-state index in [0.29, 0.717) is 5.56 Å². The number of carbonyl (C=O) groups is 1. The molecular weight excluding hydrogens is 324 g/mol. The minimum Gasteiger partial charge on any atom is -1.00 e. The summed E-state index contributed by atoms with van der Waals surface area (Å²) in [7, 11) is 1.38. The maximum Gasteiger partial charge on any atom is 0.337 e. The van der Waals surface area contributed by atoms with Gasteiger partial charge in [0, 0.05) is 22.5 Å². The number of benzene rings is 2. The summed E-state index contributed by atoms with van der Waals surface area (Å²) in [5.41, 5.74) is 5.55. The molecule has 1 aromatic heterocycles. The highest BCUT2D eigenvalue weighted by Gasteiger charge is 2.07. The SMILES string of the molecule is COC(=O)c1ccc(Nc2cc(C)nc3ccc(C)cc23)cc1.[Cl-]. The molecule has 0 aliphatic carbocycles. The molecule has 0 saturated carbocycles. The number of nitrogens with one attached hydrogen (secondary N) is 1. The van der Waals surface area contributed by atoms with Gasteiger partial charge in [-0.05, 0) is 56.3 Å². The van der Waals surface area contributed by atoms with Crippen molar-refractivity contribution < 1.29 is 21.9 Å². The standard InChI is InChI=1S/C19H18N2O2.ClH/c1-12-4-9-17-16(10-12)18(11-13(2)20-17)21-15-7-5-14(6-8-15)19(22)23-3;/h4-11H,1-3H3,(H,20,21);1H/p-1. The first-order valence-corrected chi connectivity index (χ1v) is 7.40. The summed E-state index contributed by atoms with van der Waals surface area (Å²) in [5.74, 6) is -0.336. The number of fused-ring (bicyclic) bond motifs is 1. The zero-order chi connectivity index (χ0) is 16.4. The van der Waals surface area contributed by atoms with E-state index in [2.05, 4.69) is 29.4 Å². The van der Waals surface area contributed by atoms with Crippen molar-refractivity contribution in [3.8, 4) is 0 Å². The topological polar surface area (TPSA) is 51.2 Å². The molecule has 0 atom stereocenters. The number of aromatic nitrogens is 1. The van der Waals surface area contributed by atoms with Crippen molar-refractivity contribution in [1.82, 2.24) is 4.98 Å². The van der Waals surface area contributed by atoms with E-state index >= 15 is 0 Å². The van der Waals surface area contributed by atoms with Crippen molar-refractivity contribution in [3.63, 3.8) is 0 Å². The van der Waals surface area contributed by atoms with Gasteiger partial charge in [-0.3, -0.25) is 4.98 Å². The minimum atomic E-state index is -0.336. The average Bonchev–Trinajstić information content (AvgIpc) is 2.55. The molecule has 124 valence electrons. The van der Waals surface area contributed by atoms with Gasteiger partial charge in [0.25, 0.3) is 0 Å². The van der Waals surface area contributed by atoms with Gasteiger partial charge < -0.3 is 22.5 Å². The molecule has 4 nitrogen and oxygen atoms in total. The Hall–Kier alpha value is -2.59. The van der Waals surface area contributed by atoms with Crippen LogP contribution < -0.4 is 17.7 Å². The van der Waals surface area contributed by atoms with Crippen molar-refractivity contribution in [2.24, 2.45) is 0 Å². The van der Waals surface area contributed by atoms with Crippen molar-refractivity contribution in [3.05, 3.63) is 65.4 Å². The number of methoxy groups -OCH3 is 1. The lowest BCUT2D eigenvalue weighted by molar-refractivity contribution is -0.0000194. The van der Waals surface area contributed by atoms with Crippen LogP contribution in [0.3, 0.4) is 0 Å². The van der Waals surface area contributed by atoms with Gasteiger partial charge in [-0.1, -0.05) is 11.6 Å². The van der Waals surface area contributed by atoms with Crippen LogP contribution in [0, 0.1) is 13.8 Å². The van der Waals surface area contributed by atoms with E-state index in [4.69, 9.17) is 4.74 Å². The normalized spacial score (nSPS) is 10.1. The fourth-order valence-electron chi connectivity index (χ4n) is 2.54. The lowest BCUT2D eigenvalue weighted by Crippen LogP contribution is -3.00. The smallest absolute Gasteiger partial charge is 0.337 e. The Kier molecular flexibility index (Phi) is 5.42. The lowest BCUT2D eigenvalue weighted by atomic mass is 10.1. The van der Waals surface area contributed by atoms with E-state index in [1.165, 1.54) is 12.7 Å². The molecule has 0 aliphatic heterocycles. The molecule has 24 heavy (non-hydrogen) atoms. The van der Waals surface area contributed by atoms with Crippen molar-refractivity contribution in [2.75, 3.05) is 12.4 Å². The Labute approximate surface area is 147 Å². The summed E-state index contributed by atoms with van der Waals surface area (Å²) in [6, 6.07) is 15.5. The highest BCUT2D eigenvalue weighted by Crippen LogP contribution is 2.27. The Morgan fingerprint density at radius 3 is 2.42 bits per heavy atom. The predicted molar refractivity (Wildman–Crippen MR) is 92.3 cm³/mol. The number of carbonyl (C=O) groups excluding carboxylic acids is 1. The quantitative estimate of drug-likeness (QED) is 0.731. The molecule has 1 heterocycles. The fraction of sp³-hybridized carbons (Fsp3) is 0.158. The number of nitrogens with zero attached hydrogens (tertiary/aromatic N) is 1. The van der Waals surface area contributed by atoms with Crippen LogP contribution in [0.1, 0.15) is 21.6 Å². The van der Waals surface area contributed by atoms with Crippen LogP contribution in [0.2, 0.25) is 0 Å². The highest BCUT2D eigenvalue weighted by molar-refractivity contribution is 5.94. The second kappa shape index (κ2) is 7.32. The summed E-state index contributed by atoms with van der Waals surface area (Å²) in [6.07, 6.45) is 0. The van der Waals surface area contributed by atoms with Crippen LogP contribution in [-0.4, -0.2) is 18.1 Å². The molecule has 5 heteroatoms. The van der Waals surface area contributed by atoms with Crippen LogP contribution >= 0.6 is 0 Å². The van der Waals surface area contributed by atoms with Crippen molar-refractivity contribution >= 4 is 28.2 Å². The first-order valence-electron chi connectivity index (χ1n) is 7.40. The molecule has 2 aromatic carbocycles. The third kappa shape index (κ3) is 3.66. The maximum atomic E-state index is 11.5. The summed E-state index contributed by atoms with van der Waals surface area (Å²) in [6.45, 7) is 4.04. The molecule has 1 N–H and O–H groups in total. The molecule has 3 aromatic rings. The van der Waals surface area contributed by atoms with E-state index in [0.717, 1.165) is 28.0 Å². The van der Waals surface area contributed by atoms with E-state index < -0.39 is 0 Å². The maximum absolute atomic E-state index is 11.5. The van der Waals surface area contributed by atoms with E-state index in [1.54, 1.807) is 12.1 Å². The van der Waals surface area contributed by atoms with Crippen LogP contribution in [0.25, 0.3) is 10.9 Å². The summed E-state index contributed by atoms with van der Waals surface area (Å²) < 4.78 is 4.71. The zero-order valence-electron chi connectivity index (χ0n) is 13.8. The Morgan fingerprint density at radius 1 is 1.04 bits per heavy atom. The van der Waals surface area contributed by atoms with Gasteiger partial charge in [0.1, 0.15) is 0 Å². The van der Waals surface area contributed by atoms with Gasteiger partial charge in [-0.25, -0.2) is 4.79 Å². The lowest BCUT2D eigenvalue weighted by Gasteiger charge is -2.12. The van der Waals surface area contributed by atoms with Gasteiger partial charge in [0.05, 0.1) is 18.2 Å². The van der Waals surface area contributed by atoms with E-state index in [-0.39, 0.29) is 18.4 Å². The second-order valence-electron chi connectivity index (χ2n) is 5.53. The number of pyridine rings is 1. The van der Waals surface area contributed by atoms with Gasteiger partial charge in [-0.15, -0.1) is 0 Å². The molecule has 3 rings (SSSR count).